The molecule has 0 aliphatic rings. The Labute approximate surface area is 142 Å². The highest BCUT2D eigenvalue weighted by Gasteiger charge is 2.16. The number of carbonyl (C=O) groups is 1. The first-order valence-corrected chi connectivity index (χ1v) is 7.74. The minimum absolute atomic E-state index is 0.0311. The predicted molar refractivity (Wildman–Crippen MR) is 97.4 cm³/mol. The van der Waals surface area contributed by atoms with Crippen molar-refractivity contribution in [2.75, 3.05) is 12.4 Å². The van der Waals surface area contributed by atoms with Crippen molar-refractivity contribution < 1.29 is 9.53 Å². The highest BCUT2D eigenvalue weighted by atomic mass is 16.5. The summed E-state index contributed by atoms with van der Waals surface area (Å²) in [6.45, 7) is 0. The zero-order valence-electron chi connectivity index (χ0n) is 13.4. The molecule has 2 aromatic heterocycles. The van der Waals surface area contributed by atoms with Gasteiger partial charge in [0.15, 0.2) is 0 Å². The van der Waals surface area contributed by atoms with Crippen LogP contribution in [0.3, 0.4) is 0 Å². The smallest absolute Gasteiger partial charge is 0.261 e. The van der Waals surface area contributed by atoms with E-state index in [2.05, 4.69) is 15.3 Å². The molecule has 6 heteroatoms. The number of aromatic amines is 2. The zero-order chi connectivity index (χ0) is 17.4. The number of aromatic nitrogens is 2. The van der Waals surface area contributed by atoms with Gasteiger partial charge in [0.05, 0.1) is 18.0 Å². The van der Waals surface area contributed by atoms with E-state index in [9.17, 15) is 9.59 Å². The van der Waals surface area contributed by atoms with E-state index >= 15 is 0 Å². The van der Waals surface area contributed by atoms with E-state index in [0.29, 0.717) is 22.3 Å². The Balaban J connectivity index is 1.74. The zero-order valence-corrected chi connectivity index (χ0v) is 13.4. The van der Waals surface area contributed by atoms with E-state index < -0.39 is 5.91 Å². The van der Waals surface area contributed by atoms with Gasteiger partial charge in [-0.15, -0.1) is 0 Å². The number of carbonyl (C=O) groups excluding carboxylic acids is 1. The lowest BCUT2D eigenvalue weighted by Gasteiger charge is -2.08. The quantitative estimate of drug-likeness (QED) is 0.538. The molecule has 0 atom stereocenters. The van der Waals surface area contributed by atoms with Crippen molar-refractivity contribution in [2.24, 2.45) is 0 Å². The van der Waals surface area contributed by atoms with Crippen LogP contribution >= 0.6 is 0 Å². The van der Waals surface area contributed by atoms with Gasteiger partial charge in [-0.05, 0) is 35.7 Å². The standard InChI is InChI=1S/C19H15N3O3/c1-25-16-4-2-3-14-17(16)18(23)13(10-21-14)19(24)22-12-6-5-11-7-8-20-15(11)9-12/h2-10,20H,1H3,(H,21,23)(H,22,24). The summed E-state index contributed by atoms with van der Waals surface area (Å²) >= 11 is 0. The maximum Gasteiger partial charge on any atom is 0.261 e. The lowest BCUT2D eigenvalue weighted by molar-refractivity contribution is 0.102. The van der Waals surface area contributed by atoms with Crippen molar-refractivity contribution in [3.63, 3.8) is 0 Å². The number of nitrogens with one attached hydrogen (secondary N) is 3. The van der Waals surface area contributed by atoms with Crippen molar-refractivity contribution in [1.29, 1.82) is 0 Å². The van der Waals surface area contributed by atoms with Crippen LogP contribution in [0.1, 0.15) is 10.4 Å². The topological polar surface area (TPSA) is 87.0 Å². The molecule has 0 bridgehead atoms. The average Bonchev–Trinajstić information content (AvgIpc) is 3.09. The molecule has 2 aromatic carbocycles. The molecule has 1 amide bonds. The minimum atomic E-state index is -0.472. The van der Waals surface area contributed by atoms with E-state index in [1.807, 2.05) is 24.4 Å². The Morgan fingerprint density at radius 3 is 2.80 bits per heavy atom. The van der Waals surface area contributed by atoms with Crippen molar-refractivity contribution in [2.45, 2.75) is 0 Å². The number of H-pyrrole nitrogens is 2. The fourth-order valence-corrected chi connectivity index (χ4v) is 2.90. The van der Waals surface area contributed by atoms with Gasteiger partial charge in [-0.1, -0.05) is 12.1 Å². The first-order chi connectivity index (χ1) is 12.2. The van der Waals surface area contributed by atoms with E-state index in [-0.39, 0.29) is 11.0 Å². The van der Waals surface area contributed by atoms with Crippen LogP contribution in [0.15, 0.2) is 59.7 Å². The second-order valence-corrected chi connectivity index (χ2v) is 5.65. The van der Waals surface area contributed by atoms with Crippen LogP contribution in [0.2, 0.25) is 0 Å². The summed E-state index contributed by atoms with van der Waals surface area (Å²) in [5.41, 5.74) is 1.80. The summed E-state index contributed by atoms with van der Waals surface area (Å²) < 4.78 is 5.24. The number of pyridine rings is 1. The average molecular weight is 333 g/mol. The predicted octanol–water partition coefficient (Wildman–Crippen LogP) is 3.27. The summed E-state index contributed by atoms with van der Waals surface area (Å²) in [5, 5.41) is 4.17. The van der Waals surface area contributed by atoms with Crippen molar-refractivity contribution >= 4 is 33.4 Å². The van der Waals surface area contributed by atoms with Crippen molar-refractivity contribution in [3.05, 3.63) is 70.6 Å². The van der Waals surface area contributed by atoms with E-state index in [0.717, 1.165) is 10.9 Å². The second-order valence-electron chi connectivity index (χ2n) is 5.65. The number of methoxy groups -OCH3 is 1. The summed E-state index contributed by atoms with van der Waals surface area (Å²) in [6, 6.07) is 12.7. The Kier molecular flexibility index (Phi) is 3.50. The van der Waals surface area contributed by atoms with Gasteiger partial charge in [-0.3, -0.25) is 9.59 Å². The molecule has 0 saturated carbocycles. The van der Waals surface area contributed by atoms with Crippen molar-refractivity contribution in [1.82, 2.24) is 9.97 Å². The monoisotopic (exact) mass is 333 g/mol. The second kappa shape index (κ2) is 5.83. The van der Waals surface area contributed by atoms with Gasteiger partial charge in [-0.2, -0.15) is 0 Å². The molecular formula is C19H15N3O3. The fraction of sp³-hybridized carbons (Fsp3) is 0.0526. The number of hydrogen-bond donors (Lipinski definition) is 3. The largest absolute Gasteiger partial charge is 0.496 e. The number of hydrogen-bond acceptors (Lipinski definition) is 3. The lowest BCUT2D eigenvalue weighted by Crippen LogP contribution is -2.22. The maximum atomic E-state index is 12.7. The van der Waals surface area contributed by atoms with E-state index in [4.69, 9.17) is 4.74 Å². The van der Waals surface area contributed by atoms with E-state index in [1.54, 1.807) is 24.3 Å². The van der Waals surface area contributed by atoms with Gasteiger partial charge in [-0.25, -0.2) is 0 Å². The molecular weight excluding hydrogens is 318 g/mol. The molecule has 0 spiro atoms. The first kappa shape index (κ1) is 15.0. The molecule has 4 aromatic rings. The molecule has 6 nitrogen and oxygen atoms in total. The number of fused-ring (bicyclic) bond motifs is 2. The molecule has 4 rings (SSSR count). The molecule has 0 saturated heterocycles. The summed E-state index contributed by atoms with van der Waals surface area (Å²) in [7, 11) is 1.49. The summed E-state index contributed by atoms with van der Waals surface area (Å²) in [4.78, 5) is 31.4. The van der Waals surface area contributed by atoms with Crippen LogP contribution in [-0.4, -0.2) is 23.0 Å². The van der Waals surface area contributed by atoms with Gasteiger partial charge in [0.25, 0.3) is 5.91 Å². The van der Waals surface area contributed by atoms with Gasteiger partial charge in [0.2, 0.25) is 5.43 Å². The Morgan fingerprint density at radius 2 is 1.96 bits per heavy atom. The summed E-state index contributed by atoms with van der Waals surface area (Å²) in [6.07, 6.45) is 3.25. The molecule has 124 valence electrons. The molecule has 0 unspecified atom stereocenters. The highest BCUT2D eigenvalue weighted by Crippen LogP contribution is 2.21. The van der Waals surface area contributed by atoms with E-state index in [1.165, 1.54) is 13.3 Å². The molecule has 25 heavy (non-hydrogen) atoms. The minimum Gasteiger partial charge on any atom is -0.496 e. The number of ether oxygens (including phenoxy) is 1. The molecule has 0 radical (unpaired) electrons. The van der Waals surface area contributed by atoms with Crippen LogP contribution in [0.25, 0.3) is 21.8 Å². The molecule has 3 N–H and O–H groups in total. The lowest BCUT2D eigenvalue weighted by atomic mass is 10.1. The van der Waals surface area contributed by atoms with Crippen LogP contribution in [0.5, 0.6) is 5.75 Å². The summed E-state index contributed by atoms with van der Waals surface area (Å²) in [5.74, 6) is -0.0406. The molecule has 0 fully saturated rings. The van der Waals surface area contributed by atoms with Crippen LogP contribution < -0.4 is 15.5 Å². The van der Waals surface area contributed by atoms with Crippen LogP contribution in [0.4, 0.5) is 5.69 Å². The third-order valence-corrected chi connectivity index (χ3v) is 4.15. The number of amides is 1. The van der Waals surface area contributed by atoms with Gasteiger partial charge in [0.1, 0.15) is 11.3 Å². The number of rotatable bonds is 3. The normalized spacial score (nSPS) is 10.9. The molecule has 2 heterocycles. The third-order valence-electron chi connectivity index (χ3n) is 4.15. The molecule has 0 aliphatic carbocycles. The number of benzene rings is 2. The highest BCUT2D eigenvalue weighted by molar-refractivity contribution is 6.06. The van der Waals surface area contributed by atoms with Gasteiger partial charge < -0.3 is 20.0 Å². The van der Waals surface area contributed by atoms with Gasteiger partial charge >= 0.3 is 0 Å². The molecule has 0 aliphatic heterocycles. The van der Waals surface area contributed by atoms with Crippen LogP contribution in [-0.2, 0) is 0 Å². The van der Waals surface area contributed by atoms with Crippen molar-refractivity contribution in [3.8, 4) is 5.75 Å². The fourth-order valence-electron chi connectivity index (χ4n) is 2.90. The van der Waals surface area contributed by atoms with Gasteiger partial charge in [0, 0.05) is 23.6 Å². The SMILES string of the molecule is COc1cccc2[nH]cc(C(=O)Nc3ccc4cc[nH]c4c3)c(=O)c12. The third kappa shape index (κ3) is 2.53. The number of anilines is 1. The Morgan fingerprint density at radius 1 is 1.08 bits per heavy atom. The first-order valence-electron chi connectivity index (χ1n) is 7.74. The Bertz CT molecular complexity index is 1160. The van der Waals surface area contributed by atoms with Crippen LogP contribution in [0, 0.1) is 0 Å². The Hall–Kier alpha value is -3.54. The maximum absolute atomic E-state index is 12.7.